The number of hydrogen-bond acceptors (Lipinski definition) is 5. The van der Waals surface area contributed by atoms with Crippen LogP contribution >= 0.6 is 34.4 Å². The fourth-order valence-corrected chi connectivity index (χ4v) is 2.12. The van der Waals surface area contributed by atoms with Crippen molar-refractivity contribution in [2.24, 2.45) is 0 Å². The Morgan fingerprint density at radius 2 is 2.00 bits per heavy atom. The Balaban J connectivity index is 2.24. The highest BCUT2D eigenvalue weighted by molar-refractivity contribution is 14.1. The molecule has 0 aliphatic carbocycles. The van der Waals surface area contributed by atoms with Gasteiger partial charge in [-0.25, -0.2) is 19.9 Å². The van der Waals surface area contributed by atoms with Crippen LogP contribution in [0.15, 0.2) is 41.2 Å². The summed E-state index contributed by atoms with van der Waals surface area (Å²) in [6, 6.07) is 1.85. The highest BCUT2D eigenvalue weighted by atomic mass is 127. The van der Waals surface area contributed by atoms with Crippen molar-refractivity contribution < 1.29 is 0 Å². The van der Waals surface area contributed by atoms with Gasteiger partial charge in [0.1, 0.15) is 22.7 Å². The van der Waals surface area contributed by atoms with Gasteiger partial charge in [0.2, 0.25) is 0 Å². The number of rotatable bonds is 2. The van der Waals surface area contributed by atoms with Gasteiger partial charge in [-0.15, -0.1) is 0 Å². The van der Waals surface area contributed by atoms with Gasteiger partial charge in [0.25, 0.3) is 0 Å². The van der Waals surface area contributed by atoms with Crippen molar-refractivity contribution >= 4 is 34.4 Å². The normalized spacial score (nSPS) is 10.1. The minimum atomic E-state index is 0.886. The Kier molecular flexibility index (Phi) is 3.25. The number of hydrogen-bond donors (Lipinski definition) is 0. The molecular formula is C8H5IN4S. The SMILES string of the molecule is Ic1cncnc1Sc1ccncn1. The molecule has 0 N–H and O–H groups in total. The topological polar surface area (TPSA) is 51.6 Å². The maximum atomic E-state index is 4.16. The van der Waals surface area contributed by atoms with E-state index in [1.807, 2.05) is 6.07 Å². The summed E-state index contributed by atoms with van der Waals surface area (Å²) in [6.45, 7) is 0. The Morgan fingerprint density at radius 1 is 1.14 bits per heavy atom. The quantitative estimate of drug-likeness (QED) is 0.627. The van der Waals surface area contributed by atoms with E-state index < -0.39 is 0 Å². The average Bonchev–Trinajstić information content (AvgIpc) is 2.23. The molecule has 2 rings (SSSR count). The molecule has 0 aliphatic heterocycles. The van der Waals surface area contributed by atoms with Gasteiger partial charge in [-0.05, 0) is 40.4 Å². The lowest BCUT2D eigenvalue weighted by Crippen LogP contribution is -1.87. The predicted octanol–water partition coefficient (Wildman–Crippen LogP) is 2.02. The molecule has 0 bridgehead atoms. The van der Waals surface area contributed by atoms with Crippen LogP contribution in [0.4, 0.5) is 0 Å². The second kappa shape index (κ2) is 4.65. The number of aromatic nitrogens is 4. The first-order chi connectivity index (χ1) is 6.86. The molecule has 0 unspecified atom stereocenters. The molecule has 0 saturated heterocycles. The number of nitrogens with zero attached hydrogens (tertiary/aromatic N) is 4. The molecule has 2 aromatic heterocycles. The zero-order chi connectivity index (χ0) is 9.80. The highest BCUT2D eigenvalue weighted by Crippen LogP contribution is 2.26. The fourth-order valence-electron chi connectivity index (χ4n) is 0.815. The lowest BCUT2D eigenvalue weighted by molar-refractivity contribution is 1.00. The van der Waals surface area contributed by atoms with Gasteiger partial charge in [0.05, 0.1) is 3.57 Å². The monoisotopic (exact) mass is 316 g/mol. The lowest BCUT2D eigenvalue weighted by Gasteiger charge is -2.00. The number of halogens is 1. The fraction of sp³-hybridized carbons (Fsp3) is 0. The molecule has 0 spiro atoms. The minimum absolute atomic E-state index is 0.886. The molecule has 2 heterocycles. The molecule has 0 amide bonds. The van der Waals surface area contributed by atoms with Gasteiger partial charge in [0.15, 0.2) is 0 Å². The van der Waals surface area contributed by atoms with Crippen LogP contribution in [0.25, 0.3) is 0 Å². The van der Waals surface area contributed by atoms with Gasteiger partial charge in [-0.1, -0.05) is 0 Å². The van der Waals surface area contributed by atoms with Crippen molar-refractivity contribution in [3.05, 3.63) is 34.7 Å². The molecule has 0 saturated carbocycles. The van der Waals surface area contributed by atoms with Crippen molar-refractivity contribution in [3.63, 3.8) is 0 Å². The van der Waals surface area contributed by atoms with Crippen molar-refractivity contribution in [1.29, 1.82) is 0 Å². The van der Waals surface area contributed by atoms with Gasteiger partial charge < -0.3 is 0 Å². The summed E-state index contributed by atoms with van der Waals surface area (Å²) in [7, 11) is 0. The van der Waals surface area contributed by atoms with Crippen molar-refractivity contribution in [1.82, 2.24) is 19.9 Å². The Labute approximate surface area is 98.8 Å². The van der Waals surface area contributed by atoms with E-state index in [2.05, 4.69) is 42.5 Å². The largest absolute Gasteiger partial charge is 0.245 e. The maximum absolute atomic E-state index is 4.16. The zero-order valence-corrected chi connectivity index (χ0v) is 9.94. The summed E-state index contributed by atoms with van der Waals surface area (Å²) in [6.07, 6.45) is 6.54. The molecule has 0 aliphatic rings. The van der Waals surface area contributed by atoms with E-state index in [0.717, 1.165) is 13.6 Å². The van der Waals surface area contributed by atoms with E-state index in [-0.39, 0.29) is 0 Å². The first-order valence-corrected chi connectivity index (χ1v) is 5.65. The second-order valence-electron chi connectivity index (χ2n) is 2.33. The Hall–Kier alpha value is -0.760. The molecule has 6 heteroatoms. The molecule has 0 fully saturated rings. The Morgan fingerprint density at radius 3 is 2.71 bits per heavy atom. The average molecular weight is 316 g/mol. The van der Waals surface area contributed by atoms with Gasteiger partial charge in [-0.2, -0.15) is 0 Å². The zero-order valence-electron chi connectivity index (χ0n) is 6.96. The first kappa shape index (κ1) is 9.78. The van der Waals surface area contributed by atoms with E-state index in [1.54, 1.807) is 12.4 Å². The third kappa shape index (κ3) is 2.38. The highest BCUT2D eigenvalue weighted by Gasteiger charge is 2.03. The summed E-state index contributed by atoms with van der Waals surface area (Å²) in [5.41, 5.74) is 0. The molecule has 0 atom stereocenters. The Bertz CT molecular complexity index is 423. The van der Waals surface area contributed by atoms with Crippen molar-refractivity contribution in [3.8, 4) is 0 Å². The summed E-state index contributed by atoms with van der Waals surface area (Å²) >= 11 is 3.70. The third-order valence-corrected chi connectivity index (χ3v) is 3.51. The van der Waals surface area contributed by atoms with Crippen LogP contribution < -0.4 is 0 Å². The standard InChI is InChI=1S/C8H5IN4S/c9-6-3-11-5-13-8(6)14-7-1-2-10-4-12-7/h1-5H. The van der Waals surface area contributed by atoms with E-state index in [9.17, 15) is 0 Å². The van der Waals surface area contributed by atoms with Crippen LogP contribution in [-0.2, 0) is 0 Å². The van der Waals surface area contributed by atoms with E-state index in [4.69, 9.17) is 0 Å². The van der Waals surface area contributed by atoms with Crippen LogP contribution in [0.2, 0.25) is 0 Å². The van der Waals surface area contributed by atoms with E-state index in [0.29, 0.717) is 0 Å². The van der Waals surface area contributed by atoms with Crippen LogP contribution in [0.5, 0.6) is 0 Å². The lowest BCUT2D eigenvalue weighted by atomic mass is 10.7. The molecular weight excluding hydrogens is 311 g/mol. The molecule has 70 valence electrons. The summed E-state index contributed by atoms with van der Waals surface area (Å²) in [4.78, 5) is 16.0. The van der Waals surface area contributed by atoms with Crippen LogP contribution in [0.3, 0.4) is 0 Å². The van der Waals surface area contributed by atoms with Gasteiger partial charge >= 0.3 is 0 Å². The van der Waals surface area contributed by atoms with Crippen LogP contribution in [-0.4, -0.2) is 19.9 Å². The smallest absolute Gasteiger partial charge is 0.119 e. The summed E-state index contributed by atoms with van der Waals surface area (Å²) < 4.78 is 1.02. The first-order valence-electron chi connectivity index (χ1n) is 3.75. The predicted molar refractivity (Wildman–Crippen MR) is 60.9 cm³/mol. The van der Waals surface area contributed by atoms with Crippen molar-refractivity contribution in [2.75, 3.05) is 0 Å². The molecule has 0 aromatic carbocycles. The molecule has 4 nitrogen and oxygen atoms in total. The summed E-state index contributed by atoms with van der Waals surface area (Å²) in [5, 5.41) is 1.80. The maximum Gasteiger partial charge on any atom is 0.119 e. The third-order valence-electron chi connectivity index (χ3n) is 1.39. The minimum Gasteiger partial charge on any atom is -0.245 e. The van der Waals surface area contributed by atoms with Gasteiger partial charge in [-0.3, -0.25) is 0 Å². The molecule has 2 aromatic rings. The van der Waals surface area contributed by atoms with E-state index in [1.165, 1.54) is 24.4 Å². The van der Waals surface area contributed by atoms with Gasteiger partial charge in [0, 0.05) is 12.4 Å². The summed E-state index contributed by atoms with van der Waals surface area (Å²) in [5.74, 6) is 0. The van der Waals surface area contributed by atoms with E-state index >= 15 is 0 Å². The van der Waals surface area contributed by atoms with Crippen LogP contribution in [0, 0.1) is 3.57 Å². The second-order valence-corrected chi connectivity index (χ2v) is 4.50. The van der Waals surface area contributed by atoms with Crippen molar-refractivity contribution in [2.45, 2.75) is 10.1 Å². The molecule has 14 heavy (non-hydrogen) atoms. The molecule has 0 radical (unpaired) electrons. The van der Waals surface area contributed by atoms with Crippen LogP contribution in [0.1, 0.15) is 0 Å².